The minimum atomic E-state index is -0.540. The molecular weight excluding hydrogens is 388 g/mol. The van der Waals surface area contributed by atoms with E-state index in [2.05, 4.69) is 15.6 Å². The number of carbonyl (C=O) groups is 3. The van der Waals surface area contributed by atoms with Gasteiger partial charge < -0.3 is 15.4 Å². The molecule has 0 bridgehead atoms. The van der Waals surface area contributed by atoms with E-state index in [-0.39, 0.29) is 24.3 Å². The molecule has 0 aliphatic carbocycles. The molecule has 0 saturated heterocycles. The zero-order valence-corrected chi connectivity index (χ0v) is 16.5. The number of urea groups is 1. The highest BCUT2D eigenvalue weighted by atomic mass is 16.5. The largest absolute Gasteiger partial charge is 0.465 e. The van der Waals surface area contributed by atoms with Gasteiger partial charge in [0.25, 0.3) is 5.56 Å². The average Bonchev–Trinajstić information content (AvgIpc) is 2.71. The molecule has 0 fully saturated rings. The van der Waals surface area contributed by atoms with E-state index in [1.807, 2.05) is 0 Å². The lowest BCUT2D eigenvalue weighted by Crippen LogP contribution is -2.26. The van der Waals surface area contributed by atoms with Crippen molar-refractivity contribution in [3.63, 3.8) is 0 Å². The Morgan fingerprint density at radius 1 is 1.07 bits per heavy atom. The monoisotopic (exact) mass is 408 g/mol. The molecule has 2 aromatic carbocycles. The summed E-state index contributed by atoms with van der Waals surface area (Å²) >= 11 is 0. The fraction of sp³-hybridized carbons (Fsp3) is 0.190. The standard InChI is InChI=1S/C21H20N4O5/c1-3-30-19(27)11-25-12-22-18-8-7-16(10-17(18)20(25)28)24-21(29)23-15-6-4-5-14(9-15)13(2)26/h4-10,12H,3,11H2,1-2H3,(H2,23,24,29). The highest BCUT2D eigenvalue weighted by Gasteiger charge is 2.11. The zero-order valence-electron chi connectivity index (χ0n) is 16.5. The van der Waals surface area contributed by atoms with Crippen LogP contribution >= 0.6 is 0 Å². The maximum absolute atomic E-state index is 12.7. The van der Waals surface area contributed by atoms with E-state index >= 15 is 0 Å². The molecule has 3 rings (SSSR count). The smallest absolute Gasteiger partial charge is 0.326 e. The number of nitrogens with one attached hydrogen (secondary N) is 2. The number of fused-ring (bicyclic) bond motifs is 1. The van der Waals surface area contributed by atoms with Gasteiger partial charge in [-0.1, -0.05) is 12.1 Å². The SMILES string of the molecule is CCOC(=O)Cn1cnc2ccc(NC(=O)Nc3cccc(C(C)=O)c3)cc2c1=O. The maximum atomic E-state index is 12.7. The van der Waals surface area contributed by atoms with Crippen molar-refractivity contribution in [2.75, 3.05) is 17.2 Å². The zero-order chi connectivity index (χ0) is 21.7. The Hall–Kier alpha value is -4.01. The van der Waals surface area contributed by atoms with Crippen LogP contribution in [0.3, 0.4) is 0 Å². The lowest BCUT2D eigenvalue weighted by atomic mass is 10.1. The summed E-state index contributed by atoms with van der Waals surface area (Å²) < 4.78 is 6.01. The van der Waals surface area contributed by atoms with Gasteiger partial charge in [0.15, 0.2) is 5.78 Å². The summed E-state index contributed by atoms with van der Waals surface area (Å²) in [6.45, 7) is 3.09. The molecule has 2 N–H and O–H groups in total. The van der Waals surface area contributed by atoms with Crippen molar-refractivity contribution in [2.24, 2.45) is 0 Å². The fourth-order valence-electron chi connectivity index (χ4n) is 2.80. The van der Waals surface area contributed by atoms with Crippen LogP contribution in [-0.2, 0) is 16.1 Å². The number of amides is 2. The maximum Gasteiger partial charge on any atom is 0.326 e. The number of nitrogens with zero attached hydrogens (tertiary/aromatic N) is 2. The Morgan fingerprint density at radius 3 is 2.50 bits per heavy atom. The predicted octanol–water partition coefficient (Wildman–Crippen LogP) is 2.81. The number of anilines is 2. The Kier molecular flexibility index (Phi) is 6.21. The normalized spacial score (nSPS) is 10.5. The molecular formula is C21H20N4O5. The van der Waals surface area contributed by atoms with Crippen LogP contribution in [0, 0.1) is 0 Å². The summed E-state index contributed by atoms with van der Waals surface area (Å²) in [5, 5.41) is 5.52. The second kappa shape index (κ2) is 8.99. The number of carbonyl (C=O) groups excluding carboxylic acids is 3. The van der Waals surface area contributed by atoms with E-state index in [0.29, 0.717) is 22.5 Å². The van der Waals surface area contributed by atoms with Crippen molar-refractivity contribution < 1.29 is 19.1 Å². The first-order valence-corrected chi connectivity index (χ1v) is 9.21. The van der Waals surface area contributed by atoms with Crippen LogP contribution < -0.4 is 16.2 Å². The molecule has 3 aromatic rings. The number of benzene rings is 2. The summed E-state index contributed by atoms with van der Waals surface area (Å²) in [5.74, 6) is -0.651. The quantitative estimate of drug-likeness (QED) is 0.478. The van der Waals surface area contributed by atoms with Gasteiger partial charge in [0.2, 0.25) is 0 Å². The van der Waals surface area contributed by atoms with Crippen molar-refractivity contribution in [2.45, 2.75) is 20.4 Å². The van der Waals surface area contributed by atoms with Crippen LogP contribution in [0.15, 0.2) is 53.6 Å². The molecule has 9 nitrogen and oxygen atoms in total. The summed E-state index contributed by atoms with van der Waals surface area (Å²) in [6.07, 6.45) is 1.28. The van der Waals surface area contributed by atoms with Gasteiger partial charge in [-0.05, 0) is 44.2 Å². The minimum Gasteiger partial charge on any atom is -0.465 e. The number of aromatic nitrogens is 2. The number of esters is 1. The van der Waals surface area contributed by atoms with Gasteiger partial charge in [0.1, 0.15) is 6.54 Å². The molecule has 2 amide bonds. The molecule has 0 aliphatic heterocycles. The number of rotatable bonds is 6. The van der Waals surface area contributed by atoms with Crippen LogP contribution in [0.25, 0.3) is 10.9 Å². The second-order valence-corrected chi connectivity index (χ2v) is 6.43. The van der Waals surface area contributed by atoms with Gasteiger partial charge in [-0.25, -0.2) is 9.78 Å². The van der Waals surface area contributed by atoms with Gasteiger partial charge in [-0.15, -0.1) is 0 Å². The van der Waals surface area contributed by atoms with E-state index in [9.17, 15) is 19.2 Å². The van der Waals surface area contributed by atoms with Gasteiger partial charge in [0.05, 0.1) is 23.8 Å². The van der Waals surface area contributed by atoms with E-state index in [1.165, 1.54) is 19.3 Å². The molecule has 0 unspecified atom stereocenters. The molecule has 0 saturated carbocycles. The van der Waals surface area contributed by atoms with Crippen LogP contribution in [0.1, 0.15) is 24.2 Å². The first-order valence-electron chi connectivity index (χ1n) is 9.21. The first-order chi connectivity index (χ1) is 14.4. The van der Waals surface area contributed by atoms with Crippen molar-refractivity contribution in [3.05, 3.63) is 64.7 Å². The molecule has 9 heteroatoms. The lowest BCUT2D eigenvalue weighted by molar-refractivity contribution is -0.143. The summed E-state index contributed by atoms with van der Waals surface area (Å²) in [7, 11) is 0. The first kappa shape index (κ1) is 20.7. The molecule has 0 radical (unpaired) electrons. The number of ether oxygens (including phenoxy) is 1. The van der Waals surface area contributed by atoms with E-state index in [0.717, 1.165) is 4.57 Å². The fourth-order valence-corrected chi connectivity index (χ4v) is 2.80. The molecule has 1 heterocycles. The van der Waals surface area contributed by atoms with Crippen LogP contribution in [0.5, 0.6) is 0 Å². The van der Waals surface area contributed by atoms with Gasteiger partial charge in [-0.3, -0.25) is 19.0 Å². The van der Waals surface area contributed by atoms with Crippen molar-refractivity contribution in [1.29, 1.82) is 0 Å². The topological polar surface area (TPSA) is 119 Å². The molecule has 0 spiro atoms. The van der Waals surface area contributed by atoms with E-state index < -0.39 is 17.6 Å². The van der Waals surface area contributed by atoms with Crippen molar-refractivity contribution in [1.82, 2.24) is 9.55 Å². The van der Waals surface area contributed by atoms with E-state index in [4.69, 9.17) is 4.74 Å². The van der Waals surface area contributed by atoms with Gasteiger partial charge >= 0.3 is 12.0 Å². The third-order valence-electron chi connectivity index (χ3n) is 4.21. The summed E-state index contributed by atoms with van der Waals surface area (Å²) in [4.78, 5) is 52.2. The van der Waals surface area contributed by atoms with Gasteiger partial charge in [-0.2, -0.15) is 0 Å². The van der Waals surface area contributed by atoms with Gasteiger partial charge in [0, 0.05) is 16.9 Å². The average molecular weight is 408 g/mol. The molecule has 0 aliphatic rings. The molecule has 30 heavy (non-hydrogen) atoms. The highest BCUT2D eigenvalue weighted by Crippen LogP contribution is 2.16. The Bertz CT molecular complexity index is 1190. The minimum absolute atomic E-state index is 0.111. The molecule has 0 atom stereocenters. The van der Waals surface area contributed by atoms with Crippen LogP contribution in [0.2, 0.25) is 0 Å². The van der Waals surface area contributed by atoms with E-state index in [1.54, 1.807) is 43.3 Å². The third-order valence-corrected chi connectivity index (χ3v) is 4.21. The summed E-state index contributed by atoms with van der Waals surface area (Å²) in [5.41, 5.74) is 1.31. The Labute approximate surface area is 171 Å². The van der Waals surface area contributed by atoms with Crippen LogP contribution in [-0.4, -0.2) is 33.9 Å². The number of hydrogen-bond donors (Lipinski definition) is 2. The van der Waals surface area contributed by atoms with Crippen LogP contribution in [0.4, 0.5) is 16.2 Å². The van der Waals surface area contributed by atoms with Crippen molar-refractivity contribution >= 4 is 40.1 Å². The molecule has 154 valence electrons. The highest BCUT2D eigenvalue weighted by molar-refractivity contribution is 6.02. The lowest BCUT2D eigenvalue weighted by Gasteiger charge is -2.10. The number of Topliss-reactive ketones (excluding diaryl/α,β-unsaturated/α-hetero) is 1. The Morgan fingerprint density at radius 2 is 1.80 bits per heavy atom. The predicted molar refractivity (Wildman–Crippen MR) is 112 cm³/mol. The number of ketones is 1. The number of hydrogen-bond acceptors (Lipinski definition) is 6. The second-order valence-electron chi connectivity index (χ2n) is 6.43. The van der Waals surface area contributed by atoms with Crippen molar-refractivity contribution in [3.8, 4) is 0 Å². The Balaban J connectivity index is 1.79. The molecule has 1 aromatic heterocycles. The third kappa shape index (κ3) is 4.88. The summed E-state index contributed by atoms with van der Waals surface area (Å²) in [6, 6.07) is 10.7.